The van der Waals surface area contributed by atoms with Crippen LogP contribution in [0.4, 0.5) is 13.2 Å². The van der Waals surface area contributed by atoms with E-state index >= 15 is 0 Å². The lowest BCUT2D eigenvalue weighted by molar-refractivity contribution is 0.0994. The van der Waals surface area contributed by atoms with E-state index in [0.29, 0.717) is 5.39 Å². The molecule has 0 spiro atoms. The van der Waals surface area contributed by atoms with Gasteiger partial charge in [0.1, 0.15) is 16.5 Å². The molecule has 23 heavy (non-hydrogen) atoms. The molecule has 0 saturated carbocycles. The zero-order valence-electron chi connectivity index (χ0n) is 11.7. The molecule has 0 fully saturated rings. The van der Waals surface area contributed by atoms with Gasteiger partial charge in [0.2, 0.25) is 0 Å². The van der Waals surface area contributed by atoms with E-state index in [2.05, 4.69) is 4.98 Å². The molecule has 2 heterocycles. The summed E-state index contributed by atoms with van der Waals surface area (Å²) in [4.78, 5) is 15.7. The van der Waals surface area contributed by atoms with E-state index in [-0.39, 0.29) is 27.7 Å². The van der Waals surface area contributed by atoms with Crippen molar-refractivity contribution >= 4 is 28.5 Å². The largest absolute Gasteiger partial charge is 0.364 e. The first-order valence-electron chi connectivity index (χ1n) is 6.43. The molecule has 2 N–H and O–H groups in total. The standard InChI is InChI=1S/C15H9ClF3N3O/c1-6-9(5-8(17)13(19)12(6)18)22-10(14(20)23)4-7-2-3-11(16)21-15(7)22/h2-5H,1H3,(H2,20,23). The Labute approximate surface area is 133 Å². The lowest BCUT2D eigenvalue weighted by Crippen LogP contribution is -2.17. The highest BCUT2D eigenvalue weighted by Crippen LogP contribution is 2.29. The summed E-state index contributed by atoms with van der Waals surface area (Å²) in [6, 6.07) is 5.28. The van der Waals surface area contributed by atoms with Gasteiger partial charge in [-0.05, 0) is 25.1 Å². The Bertz CT molecular complexity index is 968. The van der Waals surface area contributed by atoms with Gasteiger partial charge in [-0.3, -0.25) is 9.36 Å². The highest BCUT2D eigenvalue weighted by atomic mass is 35.5. The zero-order valence-corrected chi connectivity index (χ0v) is 12.5. The summed E-state index contributed by atoms with van der Waals surface area (Å²) in [5.74, 6) is -5.15. The number of hydrogen-bond acceptors (Lipinski definition) is 2. The van der Waals surface area contributed by atoms with Crippen molar-refractivity contribution < 1.29 is 18.0 Å². The van der Waals surface area contributed by atoms with Crippen LogP contribution in [0.15, 0.2) is 24.3 Å². The van der Waals surface area contributed by atoms with Crippen molar-refractivity contribution in [1.29, 1.82) is 0 Å². The van der Waals surface area contributed by atoms with E-state index in [4.69, 9.17) is 17.3 Å². The highest BCUT2D eigenvalue weighted by molar-refractivity contribution is 6.29. The highest BCUT2D eigenvalue weighted by Gasteiger charge is 2.22. The number of carbonyl (C=O) groups excluding carboxylic acids is 1. The number of rotatable bonds is 2. The van der Waals surface area contributed by atoms with E-state index in [9.17, 15) is 18.0 Å². The number of benzene rings is 1. The van der Waals surface area contributed by atoms with Crippen LogP contribution in [0.1, 0.15) is 16.1 Å². The minimum Gasteiger partial charge on any atom is -0.364 e. The van der Waals surface area contributed by atoms with Crippen LogP contribution in [0.25, 0.3) is 16.7 Å². The second-order valence-corrected chi connectivity index (χ2v) is 5.29. The van der Waals surface area contributed by atoms with Gasteiger partial charge < -0.3 is 5.73 Å². The predicted octanol–water partition coefficient (Wildman–Crippen LogP) is 3.50. The average molecular weight is 340 g/mol. The molecular formula is C15H9ClF3N3O. The molecule has 0 unspecified atom stereocenters. The van der Waals surface area contributed by atoms with Crippen LogP contribution in [0.2, 0.25) is 5.15 Å². The Morgan fingerprint density at radius 2 is 1.91 bits per heavy atom. The summed E-state index contributed by atoms with van der Waals surface area (Å²) >= 11 is 5.85. The normalized spacial score (nSPS) is 11.2. The van der Waals surface area contributed by atoms with Crippen LogP contribution in [0, 0.1) is 24.4 Å². The number of nitrogens with two attached hydrogens (primary N) is 1. The number of amides is 1. The fraction of sp³-hybridized carbons (Fsp3) is 0.0667. The van der Waals surface area contributed by atoms with Gasteiger partial charge in [-0.2, -0.15) is 0 Å². The summed E-state index contributed by atoms with van der Waals surface area (Å²) in [6.45, 7) is 1.26. The van der Waals surface area contributed by atoms with Crippen LogP contribution in [-0.2, 0) is 0 Å². The van der Waals surface area contributed by atoms with E-state index in [1.165, 1.54) is 19.1 Å². The third kappa shape index (κ3) is 2.33. The lowest BCUT2D eigenvalue weighted by Gasteiger charge is -2.13. The van der Waals surface area contributed by atoms with Crippen LogP contribution in [-0.4, -0.2) is 15.5 Å². The van der Waals surface area contributed by atoms with Crippen LogP contribution in [0.3, 0.4) is 0 Å². The van der Waals surface area contributed by atoms with Gasteiger partial charge in [0, 0.05) is 17.0 Å². The SMILES string of the molecule is Cc1c(-n2c(C(N)=O)cc3ccc(Cl)nc32)cc(F)c(F)c1F. The molecule has 0 atom stereocenters. The Balaban J connectivity index is 2.46. The van der Waals surface area contributed by atoms with Crippen molar-refractivity contribution in [3.8, 4) is 5.69 Å². The van der Waals surface area contributed by atoms with E-state index in [1.807, 2.05) is 0 Å². The maximum absolute atomic E-state index is 13.9. The number of carbonyl (C=O) groups is 1. The van der Waals surface area contributed by atoms with Gasteiger partial charge in [0.15, 0.2) is 17.5 Å². The summed E-state index contributed by atoms with van der Waals surface area (Å²) in [5.41, 5.74) is 5.18. The molecule has 0 bridgehead atoms. The first-order valence-corrected chi connectivity index (χ1v) is 6.81. The van der Waals surface area contributed by atoms with Gasteiger partial charge in [-0.25, -0.2) is 18.2 Å². The second-order valence-electron chi connectivity index (χ2n) is 4.91. The van der Waals surface area contributed by atoms with Crippen LogP contribution >= 0.6 is 11.6 Å². The molecule has 0 saturated heterocycles. The molecule has 0 aliphatic heterocycles. The monoisotopic (exact) mass is 339 g/mol. The Hall–Kier alpha value is -2.54. The Morgan fingerprint density at radius 1 is 1.22 bits per heavy atom. The van der Waals surface area contributed by atoms with E-state index in [1.54, 1.807) is 6.07 Å². The lowest BCUT2D eigenvalue weighted by atomic mass is 10.1. The molecule has 8 heteroatoms. The van der Waals surface area contributed by atoms with Crippen LogP contribution in [0.5, 0.6) is 0 Å². The second kappa shape index (κ2) is 5.27. The molecule has 2 aromatic heterocycles. The minimum atomic E-state index is -1.59. The maximum atomic E-state index is 13.9. The number of nitrogens with zero attached hydrogens (tertiary/aromatic N) is 2. The smallest absolute Gasteiger partial charge is 0.265 e. The number of primary amides is 1. The fourth-order valence-electron chi connectivity index (χ4n) is 2.38. The molecule has 4 nitrogen and oxygen atoms in total. The first-order chi connectivity index (χ1) is 10.8. The van der Waals surface area contributed by atoms with E-state index < -0.39 is 23.4 Å². The number of aromatic nitrogens is 2. The molecule has 0 aliphatic rings. The molecule has 118 valence electrons. The van der Waals surface area contributed by atoms with E-state index in [0.717, 1.165) is 10.6 Å². The molecule has 1 amide bonds. The topological polar surface area (TPSA) is 60.9 Å². The molecule has 3 aromatic rings. The molecule has 0 radical (unpaired) electrons. The predicted molar refractivity (Wildman–Crippen MR) is 79.2 cm³/mol. The van der Waals surface area contributed by atoms with Gasteiger partial charge in [-0.1, -0.05) is 11.6 Å². The zero-order chi connectivity index (χ0) is 16.9. The third-order valence-corrected chi connectivity index (χ3v) is 3.70. The van der Waals surface area contributed by atoms with Crippen molar-refractivity contribution in [1.82, 2.24) is 9.55 Å². The quantitative estimate of drug-likeness (QED) is 0.574. The minimum absolute atomic E-state index is 0.0525. The van der Waals surface area contributed by atoms with Gasteiger partial charge in [0.25, 0.3) is 5.91 Å². The number of pyridine rings is 1. The Kier molecular flexibility index (Phi) is 3.52. The summed E-state index contributed by atoms with van der Waals surface area (Å²) in [6.07, 6.45) is 0. The molecule has 3 rings (SSSR count). The van der Waals surface area contributed by atoms with Gasteiger partial charge in [0.05, 0.1) is 5.69 Å². The summed E-state index contributed by atoms with van der Waals surface area (Å²) in [5, 5.41) is 0.612. The fourth-order valence-corrected chi connectivity index (χ4v) is 2.53. The number of fused-ring (bicyclic) bond motifs is 1. The molecule has 0 aliphatic carbocycles. The van der Waals surface area contributed by atoms with Gasteiger partial charge >= 0.3 is 0 Å². The maximum Gasteiger partial charge on any atom is 0.265 e. The first kappa shape index (κ1) is 15.4. The molecule has 1 aromatic carbocycles. The summed E-state index contributed by atoms with van der Waals surface area (Å²) < 4.78 is 42.0. The van der Waals surface area contributed by atoms with Crippen molar-refractivity contribution in [3.05, 3.63) is 58.1 Å². The number of hydrogen-bond donors (Lipinski definition) is 1. The number of halogens is 4. The summed E-state index contributed by atoms with van der Waals surface area (Å²) in [7, 11) is 0. The van der Waals surface area contributed by atoms with Crippen molar-refractivity contribution in [2.75, 3.05) is 0 Å². The van der Waals surface area contributed by atoms with Crippen LogP contribution < -0.4 is 5.73 Å². The third-order valence-electron chi connectivity index (χ3n) is 3.49. The van der Waals surface area contributed by atoms with Crippen molar-refractivity contribution in [2.24, 2.45) is 5.73 Å². The van der Waals surface area contributed by atoms with Gasteiger partial charge in [-0.15, -0.1) is 0 Å². The Morgan fingerprint density at radius 3 is 2.57 bits per heavy atom. The van der Waals surface area contributed by atoms with Crippen molar-refractivity contribution in [3.63, 3.8) is 0 Å². The van der Waals surface area contributed by atoms with Crippen molar-refractivity contribution in [2.45, 2.75) is 6.92 Å². The molecular weight excluding hydrogens is 331 g/mol. The average Bonchev–Trinajstić information content (AvgIpc) is 2.87.